The second-order valence-electron chi connectivity index (χ2n) is 17.5. The fourth-order valence-electron chi connectivity index (χ4n) is 7.94. The molecule has 6 nitrogen and oxygen atoms in total. The van der Waals surface area contributed by atoms with E-state index < -0.39 is 18.2 Å². The number of hydrogen-bond acceptors (Lipinski definition) is 5. The highest BCUT2D eigenvalue weighted by atomic mass is 16.5. The molecular weight excluding hydrogens is 719 g/mol. The fourth-order valence-corrected chi connectivity index (χ4v) is 7.94. The number of hydrogen-bond donors (Lipinski definition) is 3. The van der Waals surface area contributed by atoms with Crippen LogP contribution in [0.4, 0.5) is 0 Å². The fraction of sp³-hybridized carbons (Fsp3) is 0.885. The Kier molecular flexibility index (Phi) is 45.1. The first-order valence-corrected chi connectivity index (χ1v) is 25.6. The van der Waals surface area contributed by atoms with Gasteiger partial charge in [0.25, 0.3) is 0 Å². The Morgan fingerprint density at radius 2 is 0.931 bits per heavy atom. The summed E-state index contributed by atoms with van der Waals surface area (Å²) >= 11 is 0. The second kappa shape index (κ2) is 46.4. The largest absolute Gasteiger partial charge is 0.462 e. The predicted octanol–water partition coefficient (Wildman–Crippen LogP) is 15.1. The molecule has 0 radical (unpaired) electrons. The molecule has 3 N–H and O–H groups in total. The van der Waals surface area contributed by atoms with Gasteiger partial charge in [0.05, 0.1) is 25.2 Å². The molecule has 0 aromatic carbocycles. The lowest BCUT2D eigenvalue weighted by atomic mass is 10.0. The van der Waals surface area contributed by atoms with Gasteiger partial charge in [-0.2, -0.15) is 0 Å². The third-order valence-corrected chi connectivity index (χ3v) is 11.8. The van der Waals surface area contributed by atoms with Gasteiger partial charge in [-0.05, 0) is 51.4 Å². The number of allylic oxidation sites excluding steroid dienone is 4. The number of esters is 1. The van der Waals surface area contributed by atoms with Gasteiger partial charge in [0.15, 0.2) is 0 Å². The van der Waals surface area contributed by atoms with Crippen LogP contribution in [-0.4, -0.2) is 46.9 Å². The Balaban J connectivity index is 4.49. The summed E-state index contributed by atoms with van der Waals surface area (Å²) in [6.07, 6.45) is 52.4. The minimum absolute atomic E-state index is 0.0730. The lowest BCUT2D eigenvalue weighted by Crippen LogP contribution is -2.46. The number of aliphatic hydroxyl groups is 2. The maximum Gasteiger partial charge on any atom is 0.306 e. The van der Waals surface area contributed by atoms with Crippen LogP contribution < -0.4 is 5.32 Å². The van der Waals surface area contributed by atoms with Crippen LogP contribution in [0.2, 0.25) is 0 Å². The van der Waals surface area contributed by atoms with Gasteiger partial charge in [0.2, 0.25) is 5.91 Å². The maximum absolute atomic E-state index is 13.2. The van der Waals surface area contributed by atoms with Crippen molar-refractivity contribution in [2.24, 2.45) is 0 Å². The topological polar surface area (TPSA) is 95.9 Å². The van der Waals surface area contributed by atoms with Gasteiger partial charge < -0.3 is 20.3 Å². The molecule has 0 saturated heterocycles. The van der Waals surface area contributed by atoms with Crippen LogP contribution in [0.1, 0.15) is 271 Å². The van der Waals surface area contributed by atoms with E-state index in [1.807, 2.05) is 0 Å². The SMILES string of the molecule is CC/C=C/C/C=C/CCCCCCCC(CC(=O)NC(CO)C(O)CCCCCCCCCCCCCCCCCC)OC(=O)CCCCCCCCCCCCC. The Morgan fingerprint density at radius 3 is 1.40 bits per heavy atom. The molecule has 0 heterocycles. The molecule has 1 amide bonds. The van der Waals surface area contributed by atoms with E-state index in [9.17, 15) is 19.8 Å². The first kappa shape index (κ1) is 56.3. The van der Waals surface area contributed by atoms with Gasteiger partial charge in [0, 0.05) is 6.42 Å². The molecule has 0 fully saturated rings. The summed E-state index contributed by atoms with van der Waals surface area (Å²) < 4.78 is 5.91. The number of amides is 1. The third-order valence-electron chi connectivity index (χ3n) is 11.8. The Bertz CT molecular complexity index is 919. The average molecular weight is 818 g/mol. The molecule has 0 aliphatic rings. The lowest BCUT2D eigenvalue weighted by Gasteiger charge is -2.24. The number of ether oxygens (including phenoxy) is 1. The summed E-state index contributed by atoms with van der Waals surface area (Å²) in [6, 6.07) is -0.701. The van der Waals surface area contributed by atoms with Gasteiger partial charge in [-0.15, -0.1) is 0 Å². The summed E-state index contributed by atoms with van der Waals surface area (Å²) in [7, 11) is 0. The molecule has 0 bridgehead atoms. The van der Waals surface area contributed by atoms with E-state index in [1.165, 1.54) is 154 Å². The zero-order valence-electron chi connectivity index (χ0n) is 38.9. The molecular formula is C52H99NO5. The minimum Gasteiger partial charge on any atom is -0.462 e. The van der Waals surface area contributed by atoms with Crippen molar-refractivity contribution in [3.63, 3.8) is 0 Å². The molecule has 58 heavy (non-hydrogen) atoms. The zero-order valence-corrected chi connectivity index (χ0v) is 38.9. The van der Waals surface area contributed by atoms with Gasteiger partial charge >= 0.3 is 5.97 Å². The summed E-state index contributed by atoms with van der Waals surface area (Å²) in [6.45, 7) is 6.38. The molecule has 3 atom stereocenters. The van der Waals surface area contributed by atoms with Crippen molar-refractivity contribution < 1.29 is 24.5 Å². The van der Waals surface area contributed by atoms with Crippen molar-refractivity contribution in [1.82, 2.24) is 5.32 Å². The van der Waals surface area contributed by atoms with Crippen LogP contribution in [0.3, 0.4) is 0 Å². The summed E-state index contributed by atoms with van der Waals surface area (Å²) in [5, 5.41) is 23.8. The molecule has 6 heteroatoms. The quantitative estimate of drug-likeness (QED) is 0.0323. The van der Waals surface area contributed by atoms with Crippen molar-refractivity contribution in [3.8, 4) is 0 Å². The normalized spacial score (nSPS) is 13.4. The van der Waals surface area contributed by atoms with Crippen LogP contribution in [0.15, 0.2) is 24.3 Å². The van der Waals surface area contributed by atoms with Crippen molar-refractivity contribution in [2.45, 2.75) is 289 Å². The summed E-state index contributed by atoms with van der Waals surface area (Å²) in [4.78, 5) is 26.1. The van der Waals surface area contributed by atoms with Crippen LogP contribution in [0.25, 0.3) is 0 Å². The maximum atomic E-state index is 13.2. The standard InChI is InChI=1S/C52H99NO5/c1-4-7-10-13-16-19-22-24-25-26-27-30-32-35-38-41-44-50(55)49(47-54)53-51(56)46-48(43-40-37-34-31-29-23-20-17-14-11-8-5-2)58-52(57)45-42-39-36-33-28-21-18-15-12-9-6-3/h8,11,17,20,48-50,54-55H,4-7,9-10,12-16,18-19,21-47H2,1-3H3,(H,53,56)/b11-8+,20-17+. The van der Waals surface area contributed by atoms with Crippen molar-refractivity contribution in [2.75, 3.05) is 6.61 Å². The Hall–Kier alpha value is -1.66. The number of unbranched alkanes of at least 4 members (excludes halogenated alkanes) is 30. The highest BCUT2D eigenvalue weighted by Gasteiger charge is 2.24. The number of carbonyl (C=O) groups is 2. The van der Waals surface area contributed by atoms with E-state index in [1.54, 1.807) is 0 Å². The predicted molar refractivity (Wildman–Crippen MR) is 250 cm³/mol. The monoisotopic (exact) mass is 818 g/mol. The number of carbonyl (C=O) groups excluding carboxylic acids is 2. The number of rotatable bonds is 46. The van der Waals surface area contributed by atoms with Gasteiger partial charge in [0.1, 0.15) is 6.10 Å². The van der Waals surface area contributed by atoms with E-state index in [0.717, 1.165) is 70.6 Å². The van der Waals surface area contributed by atoms with Gasteiger partial charge in [-0.1, -0.05) is 231 Å². The Labute approximate surface area is 361 Å². The molecule has 0 aliphatic heterocycles. The lowest BCUT2D eigenvalue weighted by molar-refractivity contribution is -0.151. The smallest absolute Gasteiger partial charge is 0.306 e. The second-order valence-corrected chi connectivity index (χ2v) is 17.5. The molecule has 0 aromatic heterocycles. The van der Waals surface area contributed by atoms with E-state index in [0.29, 0.717) is 19.3 Å². The van der Waals surface area contributed by atoms with Crippen LogP contribution >= 0.6 is 0 Å². The van der Waals surface area contributed by atoms with E-state index in [2.05, 4.69) is 50.4 Å². The molecule has 0 aliphatic carbocycles. The molecule has 3 unspecified atom stereocenters. The van der Waals surface area contributed by atoms with Gasteiger partial charge in [-0.3, -0.25) is 9.59 Å². The molecule has 342 valence electrons. The molecule has 0 saturated carbocycles. The van der Waals surface area contributed by atoms with Crippen molar-refractivity contribution in [1.29, 1.82) is 0 Å². The van der Waals surface area contributed by atoms with Crippen molar-refractivity contribution in [3.05, 3.63) is 24.3 Å². The average Bonchev–Trinajstić information content (AvgIpc) is 3.22. The Morgan fingerprint density at radius 1 is 0.517 bits per heavy atom. The van der Waals surface area contributed by atoms with E-state index in [-0.39, 0.29) is 24.9 Å². The van der Waals surface area contributed by atoms with Crippen LogP contribution in [-0.2, 0) is 14.3 Å². The first-order valence-electron chi connectivity index (χ1n) is 25.6. The molecule has 0 aromatic rings. The minimum atomic E-state index is -0.787. The summed E-state index contributed by atoms with van der Waals surface area (Å²) in [5.41, 5.74) is 0. The third kappa shape index (κ3) is 41.1. The zero-order chi connectivity index (χ0) is 42.4. The highest BCUT2D eigenvalue weighted by Crippen LogP contribution is 2.18. The number of aliphatic hydroxyl groups excluding tert-OH is 2. The molecule has 0 spiro atoms. The van der Waals surface area contributed by atoms with E-state index >= 15 is 0 Å². The van der Waals surface area contributed by atoms with Crippen LogP contribution in [0.5, 0.6) is 0 Å². The van der Waals surface area contributed by atoms with Gasteiger partial charge in [-0.25, -0.2) is 0 Å². The molecule has 0 rings (SSSR count). The summed E-state index contributed by atoms with van der Waals surface area (Å²) in [5.74, 6) is -0.477. The highest BCUT2D eigenvalue weighted by molar-refractivity contribution is 5.77. The van der Waals surface area contributed by atoms with Crippen molar-refractivity contribution >= 4 is 11.9 Å². The number of nitrogens with one attached hydrogen (secondary N) is 1. The first-order chi connectivity index (χ1) is 28.5. The van der Waals surface area contributed by atoms with Crippen LogP contribution in [0, 0.1) is 0 Å². The van der Waals surface area contributed by atoms with E-state index in [4.69, 9.17) is 4.74 Å².